The molecule has 0 saturated heterocycles. The number of carbonyl (C=O) groups is 1. The molecule has 0 unspecified atom stereocenters. The molecule has 37 heavy (non-hydrogen) atoms. The molecule has 0 saturated carbocycles. The van der Waals surface area contributed by atoms with Crippen molar-refractivity contribution in [1.82, 2.24) is 4.57 Å². The Morgan fingerprint density at radius 1 is 0.865 bits per heavy atom. The fourth-order valence-electron chi connectivity index (χ4n) is 4.65. The third-order valence-corrected chi connectivity index (χ3v) is 6.40. The van der Waals surface area contributed by atoms with Gasteiger partial charge in [-0.25, -0.2) is 4.79 Å². The van der Waals surface area contributed by atoms with Crippen LogP contribution in [0.2, 0.25) is 0 Å². The Kier molecular flexibility index (Phi) is 8.57. The molecule has 0 N–H and O–H groups in total. The maximum atomic E-state index is 12.7. The fraction of sp³-hybridized carbons (Fsp3) is 0.250. The van der Waals surface area contributed by atoms with E-state index in [0.717, 1.165) is 29.5 Å². The molecular weight excluding hydrogens is 462 g/mol. The van der Waals surface area contributed by atoms with Gasteiger partial charge in [0.2, 0.25) is 0 Å². The SMILES string of the molecule is CCOC(=O)COc1cccc(CCCn2cc(-c3ccccc3-c3c(C)cccc3C)ccc2=O)c1. The highest BCUT2D eigenvalue weighted by Gasteiger charge is 2.12. The maximum absolute atomic E-state index is 12.7. The first kappa shape index (κ1) is 26.0. The molecule has 0 aliphatic rings. The largest absolute Gasteiger partial charge is 0.482 e. The van der Waals surface area contributed by atoms with Crippen molar-refractivity contribution >= 4 is 5.97 Å². The molecule has 5 heteroatoms. The lowest BCUT2D eigenvalue weighted by Crippen LogP contribution is -2.19. The second-order valence-corrected chi connectivity index (χ2v) is 9.11. The number of carbonyl (C=O) groups excluding carboxylic acids is 1. The highest BCUT2D eigenvalue weighted by Crippen LogP contribution is 2.35. The Labute approximate surface area is 218 Å². The van der Waals surface area contributed by atoms with Gasteiger partial charge in [-0.1, -0.05) is 54.6 Å². The first-order valence-electron chi connectivity index (χ1n) is 12.7. The number of hydrogen-bond donors (Lipinski definition) is 0. The zero-order valence-corrected chi connectivity index (χ0v) is 21.7. The van der Waals surface area contributed by atoms with Crippen molar-refractivity contribution in [1.29, 1.82) is 0 Å². The van der Waals surface area contributed by atoms with E-state index < -0.39 is 0 Å². The van der Waals surface area contributed by atoms with E-state index in [0.29, 0.717) is 18.9 Å². The van der Waals surface area contributed by atoms with E-state index in [1.165, 1.54) is 22.3 Å². The average Bonchev–Trinajstić information content (AvgIpc) is 2.89. The predicted octanol–water partition coefficient (Wildman–Crippen LogP) is 6.37. The van der Waals surface area contributed by atoms with Crippen LogP contribution in [0.3, 0.4) is 0 Å². The van der Waals surface area contributed by atoms with Crippen molar-refractivity contribution in [2.45, 2.75) is 40.2 Å². The molecule has 0 aliphatic heterocycles. The lowest BCUT2D eigenvalue weighted by molar-refractivity contribution is -0.145. The zero-order chi connectivity index (χ0) is 26.2. The van der Waals surface area contributed by atoms with E-state index >= 15 is 0 Å². The molecule has 1 heterocycles. The van der Waals surface area contributed by atoms with Crippen molar-refractivity contribution in [3.63, 3.8) is 0 Å². The summed E-state index contributed by atoms with van der Waals surface area (Å²) in [7, 11) is 0. The highest BCUT2D eigenvalue weighted by molar-refractivity contribution is 5.85. The number of aromatic nitrogens is 1. The Hall–Kier alpha value is -4.12. The van der Waals surface area contributed by atoms with Crippen molar-refractivity contribution in [2.24, 2.45) is 0 Å². The monoisotopic (exact) mass is 495 g/mol. The van der Waals surface area contributed by atoms with Gasteiger partial charge in [-0.3, -0.25) is 4.79 Å². The lowest BCUT2D eigenvalue weighted by Gasteiger charge is -2.16. The van der Waals surface area contributed by atoms with E-state index in [2.05, 4.69) is 50.2 Å². The van der Waals surface area contributed by atoms with Gasteiger partial charge in [0.15, 0.2) is 6.61 Å². The Morgan fingerprint density at radius 2 is 1.59 bits per heavy atom. The molecular formula is C32H33NO4. The number of benzene rings is 3. The molecule has 0 bridgehead atoms. The summed E-state index contributed by atoms with van der Waals surface area (Å²) in [6.07, 6.45) is 3.54. The molecule has 0 radical (unpaired) electrons. The third-order valence-electron chi connectivity index (χ3n) is 6.40. The van der Waals surface area contributed by atoms with Crippen LogP contribution in [0.15, 0.2) is 89.9 Å². The van der Waals surface area contributed by atoms with E-state index in [-0.39, 0.29) is 18.1 Å². The van der Waals surface area contributed by atoms with Gasteiger partial charge in [-0.05, 0) is 90.8 Å². The standard InChI is InChI=1S/C32H33NO4/c1-4-36-31(35)22-37-27-14-8-12-25(20-27)13-9-19-33-21-26(17-18-30(33)34)28-15-5-6-16-29(28)32-23(2)10-7-11-24(32)3/h5-8,10-12,14-18,20-21H,4,9,13,19,22H2,1-3H3. The maximum Gasteiger partial charge on any atom is 0.344 e. The zero-order valence-electron chi connectivity index (χ0n) is 21.7. The van der Waals surface area contributed by atoms with E-state index in [1.54, 1.807) is 17.6 Å². The van der Waals surface area contributed by atoms with Gasteiger partial charge in [-0.2, -0.15) is 0 Å². The van der Waals surface area contributed by atoms with Gasteiger partial charge >= 0.3 is 5.97 Å². The Balaban J connectivity index is 1.49. The molecule has 0 spiro atoms. The second kappa shape index (κ2) is 12.2. The number of pyridine rings is 1. The molecule has 0 atom stereocenters. The second-order valence-electron chi connectivity index (χ2n) is 9.11. The number of esters is 1. The first-order valence-corrected chi connectivity index (χ1v) is 12.7. The van der Waals surface area contributed by atoms with Crippen LogP contribution in [0.5, 0.6) is 5.75 Å². The normalized spacial score (nSPS) is 10.8. The molecule has 4 aromatic rings. The Morgan fingerprint density at radius 3 is 2.35 bits per heavy atom. The molecule has 0 amide bonds. The molecule has 4 rings (SSSR count). The van der Waals surface area contributed by atoms with Crippen molar-refractivity contribution in [3.8, 4) is 28.0 Å². The lowest BCUT2D eigenvalue weighted by atomic mass is 9.90. The summed E-state index contributed by atoms with van der Waals surface area (Å²) in [4.78, 5) is 24.2. The summed E-state index contributed by atoms with van der Waals surface area (Å²) < 4.78 is 12.2. The summed E-state index contributed by atoms with van der Waals surface area (Å²) in [6.45, 7) is 6.87. The minimum absolute atomic E-state index is 0.0141. The quantitative estimate of drug-likeness (QED) is 0.240. The van der Waals surface area contributed by atoms with Gasteiger partial charge in [0.25, 0.3) is 5.56 Å². The fourth-order valence-corrected chi connectivity index (χ4v) is 4.65. The first-order chi connectivity index (χ1) is 18.0. The summed E-state index contributed by atoms with van der Waals surface area (Å²) in [5.74, 6) is 0.249. The van der Waals surface area contributed by atoms with Gasteiger partial charge in [0.1, 0.15) is 5.75 Å². The van der Waals surface area contributed by atoms with Crippen LogP contribution < -0.4 is 10.3 Å². The van der Waals surface area contributed by atoms with E-state index in [4.69, 9.17) is 9.47 Å². The van der Waals surface area contributed by atoms with Gasteiger partial charge < -0.3 is 14.0 Å². The van der Waals surface area contributed by atoms with Gasteiger partial charge in [0, 0.05) is 18.8 Å². The van der Waals surface area contributed by atoms with Crippen LogP contribution in [0.1, 0.15) is 30.0 Å². The van der Waals surface area contributed by atoms with E-state index in [9.17, 15) is 9.59 Å². The topological polar surface area (TPSA) is 57.5 Å². The van der Waals surface area contributed by atoms with Crippen LogP contribution >= 0.6 is 0 Å². The minimum Gasteiger partial charge on any atom is -0.482 e. The smallest absolute Gasteiger partial charge is 0.344 e. The number of rotatable bonds is 10. The van der Waals surface area contributed by atoms with E-state index in [1.807, 2.05) is 42.6 Å². The predicted molar refractivity (Wildman–Crippen MR) is 148 cm³/mol. The summed E-state index contributed by atoms with van der Waals surface area (Å²) in [6, 6.07) is 26.0. The van der Waals surface area contributed by atoms with Crippen LogP contribution in [-0.4, -0.2) is 23.8 Å². The molecule has 5 nitrogen and oxygen atoms in total. The number of nitrogens with zero attached hydrogens (tertiary/aromatic N) is 1. The highest BCUT2D eigenvalue weighted by atomic mass is 16.6. The van der Waals surface area contributed by atoms with Crippen LogP contribution in [0.25, 0.3) is 22.3 Å². The molecule has 190 valence electrons. The molecule has 0 fully saturated rings. The summed E-state index contributed by atoms with van der Waals surface area (Å²) in [5.41, 5.74) is 8.07. The van der Waals surface area contributed by atoms with Crippen molar-refractivity contribution < 1.29 is 14.3 Å². The van der Waals surface area contributed by atoms with Crippen molar-refractivity contribution in [3.05, 3.63) is 112 Å². The third kappa shape index (κ3) is 6.56. The molecule has 1 aromatic heterocycles. The minimum atomic E-state index is -0.383. The van der Waals surface area contributed by atoms with Crippen LogP contribution in [0.4, 0.5) is 0 Å². The molecule has 3 aromatic carbocycles. The van der Waals surface area contributed by atoms with Crippen LogP contribution in [-0.2, 0) is 22.5 Å². The van der Waals surface area contributed by atoms with Gasteiger partial charge in [0.05, 0.1) is 6.61 Å². The number of hydrogen-bond acceptors (Lipinski definition) is 4. The number of aryl methyl sites for hydroxylation is 4. The summed E-state index contributed by atoms with van der Waals surface area (Å²) >= 11 is 0. The average molecular weight is 496 g/mol. The summed E-state index contributed by atoms with van der Waals surface area (Å²) in [5, 5.41) is 0. The molecule has 0 aliphatic carbocycles. The number of ether oxygens (including phenoxy) is 2. The Bertz CT molecular complexity index is 1420. The van der Waals surface area contributed by atoms with Gasteiger partial charge in [-0.15, -0.1) is 0 Å². The van der Waals surface area contributed by atoms with Crippen LogP contribution in [0, 0.1) is 13.8 Å². The van der Waals surface area contributed by atoms with Crippen molar-refractivity contribution in [2.75, 3.05) is 13.2 Å².